The number of nitrogens with zero attached hydrogens (tertiary/aromatic N) is 2. The van der Waals surface area contributed by atoms with E-state index in [-0.39, 0.29) is 17.9 Å². The predicted octanol–water partition coefficient (Wildman–Crippen LogP) is 1.28. The van der Waals surface area contributed by atoms with Gasteiger partial charge in [-0.15, -0.1) is 0 Å². The summed E-state index contributed by atoms with van der Waals surface area (Å²) < 4.78 is 18.3. The summed E-state index contributed by atoms with van der Waals surface area (Å²) in [6.45, 7) is 2.04. The van der Waals surface area contributed by atoms with E-state index in [0.717, 1.165) is 24.4 Å². The molecule has 2 aromatic heterocycles. The van der Waals surface area contributed by atoms with Crippen molar-refractivity contribution < 1.29 is 13.6 Å². The largest absolute Gasteiger partial charge is 0.444 e. The first kappa shape index (κ1) is 13.0. The molecule has 0 fully saturated rings. The van der Waals surface area contributed by atoms with Gasteiger partial charge in [-0.2, -0.15) is 0 Å². The number of oxazole rings is 1. The fourth-order valence-electron chi connectivity index (χ4n) is 1.48. The van der Waals surface area contributed by atoms with Crippen LogP contribution in [0.15, 0.2) is 22.9 Å². The Morgan fingerprint density at radius 2 is 2.26 bits per heavy atom. The van der Waals surface area contributed by atoms with Crippen LogP contribution >= 0.6 is 0 Å². The van der Waals surface area contributed by atoms with Crippen LogP contribution in [0.1, 0.15) is 28.9 Å². The van der Waals surface area contributed by atoms with Crippen LogP contribution in [-0.4, -0.2) is 15.9 Å². The molecule has 19 heavy (non-hydrogen) atoms. The molecule has 6 nitrogen and oxygen atoms in total. The van der Waals surface area contributed by atoms with Crippen molar-refractivity contribution in [3.05, 3.63) is 41.5 Å². The molecule has 0 aliphatic rings. The summed E-state index contributed by atoms with van der Waals surface area (Å²) in [5.74, 6) is -0.0608. The maximum Gasteiger partial charge on any atom is 0.255 e. The lowest BCUT2D eigenvalue weighted by molar-refractivity contribution is 0.0947. The molecule has 0 bridgehead atoms. The van der Waals surface area contributed by atoms with E-state index in [2.05, 4.69) is 15.3 Å². The molecule has 0 aliphatic carbocycles. The van der Waals surface area contributed by atoms with Crippen LogP contribution in [0.5, 0.6) is 0 Å². The fraction of sp³-hybridized carbons (Fsp3) is 0.250. The molecule has 2 aromatic rings. The molecule has 7 heteroatoms. The molecule has 0 saturated carbocycles. The summed E-state index contributed by atoms with van der Waals surface area (Å²) >= 11 is 0. The topological polar surface area (TPSA) is 94.0 Å². The summed E-state index contributed by atoms with van der Waals surface area (Å²) in [5, 5.41) is 2.54. The van der Waals surface area contributed by atoms with Crippen LogP contribution in [0, 0.1) is 5.82 Å². The lowest BCUT2D eigenvalue weighted by Gasteiger charge is -2.05. The van der Waals surface area contributed by atoms with Crippen molar-refractivity contribution >= 4 is 11.7 Å². The highest BCUT2D eigenvalue weighted by Gasteiger charge is 2.13. The molecule has 0 unspecified atom stereocenters. The van der Waals surface area contributed by atoms with Crippen molar-refractivity contribution in [1.29, 1.82) is 0 Å². The number of nitrogens with two attached hydrogens (primary N) is 1. The lowest BCUT2D eigenvalue weighted by atomic mass is 10.2. The number of rotatable bonds is 4. The fourth-order valence-corrected chi connectivity index (χ4v) is 1.48. The highest BCUT2D eigenvalue weighted by atomic mass is 19.1. The molecule has 0 atom stereocenters. The van der Waals surface area contributed by atoms with Crippen LogP contribution in [0.4, 0.5) is 10.2 Å². The Morgan fingerprint density at radius 1 is 1.47 bits per heavy atom. The Kier molecular flexibility index (Phi) is 3.74. The van der Waals surface area contributed by atoms with E-state index < -0.39 is 11.7 Å². The Morgan fingerprint density at radius 3 is 2.95 bits per heavy atom. The van der Waals surface area contributed by atoms with Gasteiger partial charge in [0, 0.05) is 6.42 Å². The molecule has 0 spiro atoms. The molecular formula is C12H13FN4O2. The van der Waals surface area contributed by atoms with Gasteiger partial charge in [0.25, 0.3) is 5.91 Å². The van der Waals surface area contributed by atoms with Crippen molar-refractivity contribution in [2.24, 2.45) is 0 Å². The van der Waals surface area contributed by atoms with Gasteiger partial charge in [0.05, 0.1) is 24.5 Å². The molecule has 0 radical (unpaired) electrons. The maximum atomic E-state index is 13.0. The standard InChI is InChI=1S/C12H13FN4O2/c1-2-8-5-15-10(19-8)6-17-12(18)9-3-7(13)4-16-11(9)14/h3-5H,2,6H2,1H3,(H2,14,16)(H,17,18). The number of nitrogen functional groups attached to an aromatic ring is 1. The molecule has 0 aromatic carbocycles. The minimum atomic E-state index is -0.622. The van der Waals surface area contributed by atoms with E-state index in [1.54, 1.807) is 6.20 Å². The van der Waals surface area contributed by atoms with Gasteiger partial charge in [-0.05, 0) is 6.07 Å². The van der Waals surface area contributed by atoms with E-state index in [9.17, 15) is 9.18 Å². The molecule has 100 valence electrons. The van der Waals surface area contributed by atoms with E-state index in [4.69, 9.17) is 10.2 Å². The van der Waals surface area contributed by atoms with Crippen molar-refractivity contribution in [2.45, 2.75) is 19.9 Å². The van der Waals surface area contributed by atoms with Gasteiger partial charge in [0.1, 0.15) is 17.4 Å². The summed E-state index contributed by atoms with van der Waals surface area (Å²) in [7, 11) is 0. The zero-order chi connectivity index (χ0) is 13.8. The van der Waals surface area contributed by atoms with Crippen molar-refractivity contribution in [1.82, 2.24) is 15.3 Å². The SMILES string of the molecule is CCc1cnc(CNC(=O)c2cc(F)cnc2N)o1. The Hall–Kier alpha value is -2.44. The van der Waals surface area contributed by atoms with Crippen LogP contribution < -0.4 is 11.1 Å². The zero-order valence-electron chi connectivity index (χ0n) is 10.3. The number of aromatic nitrogens is 2. The van der Waals surface area contributed by atoms with E-state index in [1.165, 1.54) is 0 Å². The second-order valence-corrected chi connectivity index (χ2v) is 3.84. The predicted molar refractivity (Wildman–Crippen MR) is 65.7 cm³/mol. The monoisotopic (exact) mass is 264 g/mol. The minimum Gasteiger partial charge on any atom is -0.444 e. The number of hydrogen-bond acceptors (Lipinski definition) is 5. The molecule has 2 rings (SSSR count). The first-order chi connectivity index (χ1) is 9.10. The summed E-state index contributed by atoms with van der Waals surface area (Å²) in [5.41, 5.74) is 5.50. The molecular weight excluding hydrogens is 251 g/mol. The van der Waals surface area contributed by atoms with Gasteiger partial charge >= 0.3 is 0 Å². The number of carbonyl (C=O) groups excluding carboxylic acids is 1. The molecule has 1 amide bonds. The van der Waals surface area contributed by atoms with Crippen LogP contribution in [-0.2, 0) is 13.0 Å². The second-order valence-electron chi connectivity index (χ2n) is 3.84. The van der Waals surface area contributed by atoms with Crippen LogP contribution in [0.3, 0.4) is 0 Å². The van der Waals surface area contributed by atoms with Gasteiger partial charge in [-0.25, -0.2) is 14.4 Å². The number of amides is 1. The third kappa shape index (κ3) is 3.06. The molecule has 0 saturated heterocycles. The number of anilines is 1. The van der Waals surface area contributed by atoms with E-state index in [0.29, 0.717) is 5.89 Å². The van der Waals surface area contributed by atoms with Gasteiger partial charge < -0.3 is 15.5 Å². The second kappa shape index (κ2) is 5.47. The van der Waals surface area contributed by atoms with Gasteiger partial charge in [0.15, 0.2) is 0 Å². The van der Waals surface area contributed by atoms with Crippen LogP contribution in [0.25, 0.3) is 0 Å². The normalized spacial score (nSPS) is 10.4. The van der Waals surface area contributed by atoms with Crippen LogP contribution in [0.2, 0.25) is 0 Å². The molecule has 2 heterocycles. The number of hydrogen-bond donors (Lipinski definition) is 2. The summed E-state index contributed by atoms with van der Waals surface area (Å²) in [6.07, 6.45) is 3.27. The lowest BCUT2D eigenvalue weighted by Crippen LogP contribution is -2.24. The van der Waals surface area contributed by atoms with Crippen molar-refractivity contribution in [2.75, 3.05) is 5.73 Å². The highest BCUT2D eigenvalue weighted by molar-refractivity contribution is 5.98. The number of aryl methyl sites for hydroxylation is 1. The number of pyridine rings is 1. The minimum absolute atomic E-state index is 0.0118. The third-order valence-electron chi connectivity index (χ3n) is 2.48. The van der Waals surface area contributed by atoms with Gasteiger partial charge in [-0.1, -0.05) is 6.92 Å². The third-order valence-corrected chi connectivity index (χ3v) is 2.48. The molecule has 3 N–H and O–H groups in total. The Labute approximate surface area is 108 Å². The summed E-state index contributed by atoms with van der Waals surface area (Å²) in [4.78, 5) is 19.4. The summed E-state index contributed by atoms with van der Waals surface area (Å²) in [6, 6.07) is 1.03. The van der Waals surface area contributed by atoms with E-state index >= 15 is 0 Å². The van der Waals surface area contributed by atoms with Crippen molar-refractivity contribution in [3.8, 4) is 0 Å². The maximum absolute atomic E-state index is 13.0. The average molecular weight is 264 g/mol. The first-order valence-corrected chi connectivity index (χ1v) is 5.73. The average Bonchev–Trinajstić information content (AvgIpc) is 2.87. The Balaban J connectivity index is 2.03. The number of carbonyl (C=O) groups is 1. The number of halogens is 1. The van der Waals surface area contributed by atoms with Crippen molar-refractivity contribution in [3.63, 3.8) is 0 Å². The quantitative estimate of drug-likeness (QED) is 0.867. The highest BCUT2D eigenvalue weighted by Crippen LogP contribution is 2.10. The van der Waals surface area contributed by atoms with E-state index in [1.807, 2.05) is 6.92 Å². The first-order valence-electron chi connectivity index (χ1n) is 5.73. The van der Waals surface area contributed by atoms with Gasteiger partial charge in [-0.3, -0.25) is 4.79 Å². The van der Waals surface area contributed by atoms with Gasteiger partial charge in [0.2, 0.25) is 5.89 Å². The zero-order valence-corrected chi connectivity index (χ0v) is 10.3. The number of nitrogens with one attached hydrogen (secondary N) is 1. The Bertz CT molecular complexity index is 597. The smallest absolute Gasteiger partial charge is 0.255 e. The molecule has 0 aliphatic heterocycles.